The molecule has 0 amide bonds. The molecule has 0 aliphatic carbocycles. The Morgan fingerprint density at radius 3 is 2.81 bits per heavy atom. The van der Waals surface area contributed by atoms with Crippen molar-refractivity contribution in [1.29, 1.82) is 0 Å². The number of aromatic nitrogens is 2. The fraction of sp³-hybridized carbons (Fsp3) is 0.600. The average Bonchev–Trinajstić information content (AvgIpc) is 2.63. The zero-order chi connectivity index (χ0) is 12.2. The first kappa shape index (κ1) is 12.6. The van der Waals surface area contributed by atoms with Gasteiger partial charge >= 0.3 is 5.97 Å². The van der Waals surface area contributed by atoms with E-state index >= 15 is 0 Å². The van der Waals surface area contributed by atoms with E-state index in [0.29, 0.717) is 6.61 Å². The maximum atomic E-state index is 12.8. The van der Waals surface area contributed by atoms with Crippen molar-refractivity contribution in [2.24, 2.45) is 0 Å². The number of halogens is 2. The molecule has 0 N–H and O–H groups in total. The van der Waals surface area contributed by atoms with Crippen molar-refractivity contribution in [1.82, 2.24) is 9.78 Å². The van der Waals surface area contributed by atoms with Crippen molar-refractivity contribution in [2.45, 2.75) is 32.7 Å². The standard InChI is InChI=1S/C10H14F2N2O2/c1-3-16-9(15)4-5-14-7-8(6-13-14)10(2,11)12/h6-7H,3-5H2,1-2H3. The summed E-state index contributed by atoms with van der Waals surface area (Å²) in [4.78, 5) is 11.0. The number of hydrogen-bond acceptors (Lipinski definition) is 3. The molecule has 0 radical (unpaired) electrons. The van der Waals surface area contributed by atoms with Crippen molar-refractivity contribution in [2.75, 3.05) is 6.61 Å². The molecule has 0 bridgehead atoms. The van der Waals surface area contributed by atoms with E-state index in [-0.39, 0.29) is 24.5 Å². The van der Waals surface area contributed by atoms with Crippen LogP contribution in [-0.2, 0) is 22.0 Å². The Morgan fingerprint density at radius 2 is 2.31 bits per heavy atom. The van der Waals surface area contributed by atoms with Crippen LogP contribution < -0.4 is 0 Å². The van der Waals surface area contributed by atoms with Gasteiger partial charge in [0.25, 0.3) is 5.92 Å². The van der Waals surface area contributed by atoms with Crippen molar-refractivity contribution in [3.05, 3.63) is 18.0 Å². The molecule has 1 rings (SSSR count). The second kappa shape index (κ2) is 5.05. The number of carbonyl (C=O) groups is 1. The molecule has 0 aromatic carbocycles. The largest absolute Gasteiger partial charge is 0.466 e. The zero-order valence-electron chi connectivity index (χ0n) is 9.24. The summed E-state index contributed by atoms with van der Waals surface area (Å²) in [5, 5.41) is 3.74. The van der Waals surface area contributed by atoms with E-state index in [0.717, 1.165) is 13.1 Å². The lowest BCUT2D eigenvalue weighted by Crippen LogP contribution is -2.09. The van der Waals surface area contributed by atoms with Gasteiger partial charge in [0.1, 0.15) is 0 Å². The van der Waals surface area contributed by atoms with Gasteiger partial charge < -0.3 is 4.74 Å². The van der Waals surface area contributed by atoms with Crippen LogP contribution >= 0.6 is 0 Å². The Bertz CT molecular complexity index is 358. The molecule has 0 fully saturated rings. The lowest BCUT2D eigenvalue weighted by atomic mass is 10.2. The molecule has 0 unspecified atom stereocenters. The van der Waals surface area contributed by atoms with E-state index in [1.165, 1.54) is 10.9 Å². The fourth-order valence-electron chi connectivity index (χ4n) is 1.15. The summed E-state index contributed by atoms with van der Waals surface area (Å²) in [5.74, 6) is -3.26. The summed E-state index contributed by atoms with van der Waals surface area (Å²) in [6.45, 7) is 3.08. The van der Waals surface area contributed by atoms with Gasteiger partial charge in [-0.1, -0.05) is 0 Å². The smallest absolute Gasteiger partial charge is 0.307 e. The van der Waals surface area contributed by atoms with Gasteiger partial charge in [-0.15, -0.1) is 0 Å². The number of ether oxygens (including phenoxy) is 1. The van der Waals surface area contributed by atoms with Crippen LogP contribution in [0.15, 0.2) is 12.4 Å². The van der Waals surface area contributed by atoms with E-state index in [4.69, 9.17) is 4.74 Å². The molecule has 0 atom stereocenters. The van der Waals surface area contributed by atoms with Crippen LogP contribution in [0, 0.1) is 0 Å². The van der Waals surface area contributed by atoms with Crippen LogP contribution in [-0.4, -0.2) is 22.4 Å². The van der Waals surface area contributed by atoms with Gasteiger partial charge in [-0.2, -0.15) is 5.10 Å². The summed E-state index contributed by atoms with van der Waals surface area (Å²) < 4.78 is 31.7. The van der Waals surface area contributed by atoms with E-state index in [2.05, 4.69) is 5.10 Å². The van der Waals surface area contributed by atoms with Gasteiger partial charge in [0.2, 0.25) is 0 Å². The Kier molecular flexibility index (Phi) is 3.98. The van der Waals surface area contributed by atoms with Gasteiger partial charge in [0.05, 0.1) is 31.3 Å². The van der Waals surface area contributed by atoms with Crippen LogP contribution in [0.25, 0.3) is 0 Å². The average molecular weight is 232 g/mol. The van der Waals surface area contributed by atoms with Crippen LogP contribution in [0.3, 0.4) is 0 Å². The first-order valence-corrected chi connectivity index (χ1v) is 5.00. The molecule has 0 aliphatic rings. The first-order valence-electron chi connectivity index (χ1n) is 5.00. The molecule has 4 nitrogen and oxygen atoms in total. The molecule has 6 heteroatoms. The molecule has 1 aromatic heterocycles. The number of nitrogens with zero attached hydrogens (tertiary/aromatic N) is 2. The summed E-state index contributed by atoms with van der Waals surface area (Å²) >= 11 is 0. The van der Waals surface area contributed by atoms with E-state index < -0.39 is 5.92 Å². The SMILES string of the molecule is CCOC(=O)CCn1cc(C(C)(F)F)cn1. The summed E-state index contributed by atoms with van der Waals surface area (Å²) in [6, 6.07) is 0. The monoisotopic (exact) mass is 232 g/mol. The number of rotatable bonds is 5. The number of carbonyl (C=O) groups excluding carboxylic acids is 1. The van der Waals surface area contributed by atoms with Gasteiger partial charge in [0.15, 0.2) is 0 Å². The lowest BCUT2D eigenvalue weighted by molar-refractivity contribution is -0.143. The van der Waals surface area contributed by atoms with Crippen molar-refractivity contribution < 1.29 is 18.3 Å². The van der Waals surface area contributed by atoms with Crippen molar-refractivity contribution >= 4 is 5.97 Å². The minimum atomic E-state index is -2.90. The number of alkyl halides is 2. The van der Waals surface area contributed by atoms with Crippen molar-refractivity contribution in [3.8, 4) is 0 Å². The van der Waals surface area contributed by atoms with Gasteiger partial charge in [-0.25, -0.2) is 8.78 Å². The predicted octanol–water partition coefficient (Wildman–Crippen LogP) is 1.95. The van der Waals surface area contributed by atoms with E-state index in [1.807, 2.05) is 0 Å². The fourth-order valence-corrected chi connectivity index (χ4v) is 1.15. The highest BCUT2D eigenvalue weighted by atomic mass is 19.3. The predicted molar refractivity (Wildman–Crippen MR) is 53.0 cm³/mol. The van der Waals surface area contributed by atoms with Crippen LogP contribution in [0.2, 0.25) is 0 Å². The Hall–Kier alpha value is -1.46. The number of aryl methyl sites for hydroxylation is 1. The Morgan fingerprint density at radius 1 is 1.62 bits per heavy atom. The summed E-state index contributed by atoms with van der Waals surface area (Å²) in [7, 11) is 0. The summed E-state index contributed by atoms with van der Waals surface area (Å²) in [5.41, 5.74) is -0.156. The molecule has 0 aliphatic heterocycles. The first-order chi connectivity index (χ1) is 7.43. The zero-order valence-corrected chi connectivity index (χ0v) is 9.24. The maximum absolute atomic E-state index is 12.8. The molecule has 0 saturated carbocycles. The van der Waals surface area contributed by atoms with Gasteiger partial charge in [-0.05, 0) is 6.92 Å². The molecule has 16 heavy (non-hydrogen) atoms. The maximum Gasteiger partial charge on any atom is 0.307 e. The number of hydrogen-bond donors (Lipinski definition) is 0. The number of esters is 1. The summed E-state index contributed by atoms with van der Waals surface area (Å²) in [6.07, 6.45) is 2.47. The molecule has 90 valence electrons. The highest BCUT2D eigenvalue weighted by molar-refractivity contribution is 5.69. The normalized spacial score (nSPS) is 11.5. The molecule has 1 heterocycles. The minimum Gasteiger partial charge on any atom is -0.466 e. The highest BCUT2D eigenvalue weighted by Gasteiger charge is 2.25. The van der Waals surface area contributed by atoms with Gasteiger partial charge in [-0.3, -0.25) is 9.48 Å². The lowest BCUT2D eigenvalue weighted by Gasteiger charge is -2.05. The third-order valence-corrected chi connectivity index (χ3v) is 1.99. The molecular formula is C10H14F2N2O2. The molecule has 0 saturated heterocycles. The second-order valence-corrected chi connectivity index (χ2v) is 3.44. The van der Waals surface area contributed by atoms with Gasteiger partial charge in [0, 0.05) is 13.1 Å². The molecule has 1 aromatic rings. The van der Waals surface area contributed by atoms with Crippen LogP contribution in [0.5, 0.6) is 0 Å². The minimum absolute atomic E-state index is 0.129. The second-order valence-electron chi connectivity index (χ2n) is 3.44. The van der Waals surface area contributed by atoms with E-state index in [1.54, 1.807) is 6.92 Å². The third kappa shape index (κ3) is 3.60. The molecular weight excluding hydrogens is 218 g/mol. The quantitative estimate of drug-likeness (QED) is 0.729. The van der Waals surface area contributed by atoms with Crippen LogP contribution in [0.1, 0.15) is 25.8 Å². The van der Waals surface area contributed by atoms with Crippen molar-refractivity contribution in [3.63, 3.8) is 0 Å². The highest BCUT2D eigenvalue weighted by Crippen LogP contribution is 2.25. The molecule has 0 spiro atoms. The van der Waals surface area contributed by atoms with Crippen LogP contribution in [0.4, 0.5) is 8.78 Å². The van der Waals surface area contributed by atoms with E-state index in [9.17, 15) is 13.6 Å². The Balaban J connectivity index is 2.50. The topological polar surface area (TPSA) is 44.1 Å². The third-order valence-electron chi connectivity index (χ3n) is 1.99. The Labute approximate surface area is 92.2 Å².